The topological polar surface area (TPSA) is 55.4 Å². The molecule has 0 saturated carbocycles. The number of hydrogen-bond donors (Lipinski definition) is 1. The van der Waals surface area contributed by atoms with E-state index < -0.39 is 5.97 Å². The van der Waals surface area contributed by atoms with E-state index in [0.717, 1.165) is 23.3 Å². The second-order valence-corrected chi connectivity index (χ2v) is 7.03. The zero-order chi connectivity index (χ0) is 17.9. The van der Waals surface area contributed by atoms with Gasteiger partial charge in [0, 0.05) is 17.0 Å². The smallest absolute Gasteiger partial charge is 0.331 e. The van der Waals surface area contributed by atoms with Gasteiger partial charge in [0.05, 0.1) is 0 Å². The lowest BCUT2D eigenvalue weighted by Gasteiger charge is -2.14. The first-order valence-corrected chi connectivity index (χ1v) is 9.41. The first-order valence-electron chi connectivity index (χ1n) is 8.19. The van der Waals surface area contributed by atoms with Crippen molar-refractivity contribution in [3.05, 3.63) is 35.9 Å². The van der Waals surface area contributed by atoms with Crippen molar-refractivity contribution in [3.8, 4) is 0 Å². The molecule has 1 rings (SSSR count). The van der Waals surface area contributed by atoms with Gasteiger partial charge in [-0.05, 0) is 55.7 Å². The van der Waals surface area contributed by atoms with E-state index in [4.69, 9.17) is 4.74 Å². The molecule has 0 unspecified atom stereocenters. The van der Waals surface area contributed by atoms with Gasteiger partial charge < -0.3 is 10.1 Å². The summed E-state index contributed by atoms with van der Waals surface area (Å²) < 4.78 is 4.96. The van der Waals surface area contributed by atoms with Gasteiger partial charge in [-0.3, -0.25) is 4.79 Å². The Balaban J connectivity index is 2.31. The molecule has 1 aromatic rings. The number of ether oxygens (including phenoxy) is 1. The van der Waals surface area contributed by atoms with Gasteiger partial charge >= 0.3 is 5.97 Å². The minimum atomic E-state index is -0.520. The Morgan fingerprint density at radius 1 is 1.17 bits per heavy atom. The van der Waals surface area contributed by atoms with Crippen molar-refractivity contribution in [1.82, 2.24) is 5.32 Å². The van der Waals surface area contributed by atoms with Crippen LogP contribution in [0, 0.1) is 5.92 Å². The van der Waals surface area contributed by atoms with Crippen LogP contribution in [-0.4, -0.2) is 30.8 Å². The maximum Gasteiger partial charge on any atom is 0.331 e. The highest BCUT2D eigenvalue weighted by molar-refractivity contribution is 7.98. The van der Waals surface area contributed by atoms with E-state index in [2.05, 4.69) is 19.2 Å². The summed E-state index contributed by atoms with van der Waals surface area (Å²) in [6, 6.07) is 7.92. The number of carbonyl (C=O) groups excluding carboxylic acids is 2. The van der Waals surface area contributed by atoms with Crippen LogP contribution >= 0.6 is 11.8 Å². The van der Waals surface area contributed by atoms with Crippen LogP contribution < -0.4 is 5.32 Å². The van der Waals surface area contributed by atoms with Crippen LogP contribution in [0.4, 0.5) is 0 Å². The summed E-state index contributed by atoms with van der Waals surface area (Å²) in [5, 5.41) is 2.83. The second kappa shape index (κ2) is 10.9. The standard InChI is InChI=1S/C19H27NO3S/c1-14(2)5-6-15(3)20-18(21)13-23-19(22)12-9-16-7-10-17(24-4)11-8-16/h7-12,14-15H,5-6,13H2,1-4H3,(H,20,21)/b12-9+/t15-/m0/s1. The lowest BCUT2D eigenvalue weighted by atomic mass is 10.0. The molecular weight excluding hydrogens is 322 g/mol. The predicted molar refractivity (Wildman–Crippen MR) is 99.9 cm³/mol. The molecule has 0 aliphatic carbocycles. The van der Waals surface area contributed by atoms with E-state index >= 15 is 0 Å². The Bertz CT molecular complexity index is 552. The van der Waals surface area contributed by atoms with Crippen LogP contribution in [-0.2, 0) is 14.3 Å². The van der Waals surface area contributed by atoms with Crippen LogP contribution in [0.3, 0.4) is 0 Å². The molecule has 24 heavy (non-hydrogen) atoms. The van der Waals surface area contributed by atoms with Crippen molar-refractivity contribution in [2.45, 2.75) is 44.6 Å². The largest absolute Gasteiger partial charge is 0.452 e. The summed E-state index contributed by atoms with van der Waals surface area (Å²) in [6.45, 7) is 6.01. The highest BCUT2D eigenvalue weighted by atomic mass is 32.2. The van der Waals surface area contributed by atoms with Gasteiger partial charge in [0.2, 0.25) is 0 Å². The van der Waals surface area contributed by atoms with Crippen molar-refractivity contribution in [2.24, 2.45) is 5.92 Å². The number of nitrogens with one attached hydrogen (secondary N) is 1. The molecule has 0 bridgehead atoms. The number of thioether (sulfide) groups is 1. The summed E-state index contributed by atoms with van der Waals surface area (Å²) in [5.74, 6) is -0.177. The maximum atomic E-state index is 11.7. The number of hydrogen-bond acceptors (Lipinski definition) is 4. The Morgan fingerprint density at radius 3 is 2.42 bits per heavy atom. The fourth-order valence-electron chi connectivity index (χ4n) is 2.04. The highest BCUT2D eigenvalue weighted by Gasteiger charge is 2.09. The first kappa shape index (κ1) is 20.3. The number of carbonyl (C=O) groups is 2. The number of amides is 1. The van der Waals surface area contributed by atoms with Gasteiger partial charge in [-0.25, -0.2) is 4.79 Å². The lowest BCUT2D eigenvalue weighted by Crippen LogP contribution is -2.35. The van der Waals surface area contributed by atoms with Gasteiger partial charge in [-0.2, -0.15) is 0 Å². The Kier molecular flexibility index (Phi) is 9.23. The van der Waals surface area contributed by atoms with Crippen LogP contribution in [0.15, 0.2) is 35.2 Å². The molecule has 0 heterocycles. The van der Waals surface area contributed by atoms with Crippen LogP contribution in [0.5, 0.6) is 0 Å². The third-order valence-electron chi connectivity index (χ3n) is 3.46. The van der Waals surface area contributed by atoms with E-state index in [1.807, 2.05) is 37.4 Å². The molecule has 1 atom stereocenters. The number of esters is 1. The maximum absolute atomic E-state index is 11.7. The molecule has 0 spiro atoms. The van der Waals surface area contributed by atoms with Gasteiger partial charge in [0.15, 0.2) is 6.61 Å². The molecule has 5 heteroatoms. The normalized spacial score (nSPS) is 12.4. The average molecular weight is 349 g/mol. The van der Waals surface area contributed by atoms with E-state index in [0.29, 0.717) is 5.92 Å². The Labute approximate surface area is 149 Å². The van der Waals surface area contributed by atoms with Crippen molar-refractivity contribution in [3.63, 3.8) is 0 Å². The molecule has 1 amide bonds. The predicted octanol–water partition coefficient (Wildman–Crippen LogP) is 3.91. The quantitative estimate of drug-likeness (QED) is 0.417. The van der Waals surface area contributed by atoms with Crippen molar-refractivity contribution in [1.29, 1.82) is 0 Å². The molecule has 0 aliphatic heterocycles. The highest BCUT2D eigenvalue weighted by Crippen LogP contribution is 2.15. The molecule has 132 valence electrons. The fraction of sp³-hybridized carbons (Fsp3) is 0.474. The molecule has 1 N–H and O–H groups in total. The Morgan fingerprint density at radius 2 is 1.83 bits per heavy atom. The zero-order valence-corrected chi connectivity index (χ0v) is 15.7. The molecule has 0 saturated heterocycles. The molecule has 0 radical (unpaired) electrons. The third-order valence-corrected chi connectivity index (χ3v) is 4.20. The lowest BCUT2D eigenvalue weighted by molar-refractivity contribution is -0.144. The summed E-state index contributed by atoms with van der Waals surface area (Å²) in [4.78, 5) is 24.5. The minimum Gasteiger partial charge on any atom is -0.452 e. The SMILES string of the molecule is CSc1ccc(/C=C/C(=O)OCC(=O)N[C@@H](C)CCC(C)C)cc1. The summed E-state index contributed by atoms with van der Waals surface area (Å²) >= 11 is 1.66. The van der Waals surface area contributed by atoms with Gasteiger partial charge in [-0.15, -0.1) is 11.8 Å². The van der Waals surface area contributed by atoms with E-state index in [1.165, 1.54) is 6.08 Å². The molecule has 1 aromatic carbocycles. The molecule has 0 aromatic heterocycles. The molecule has 4 nitrogen and oxygen atoms in total. The number of benzene rings is 1. The van der Waals surface area contributed by atoms with Crippen molar-refractivity contribution >= 4 is 29.7 Å². The van der Waals surface area contributed by atoms with E-state index in [9.17, 15) is 9.59 Å². The van der Waals surface area contributed by atoms with Gasteiger partial charge in [0.1, 0.15) is 0 Å². The fourth-order valence-corrected chi connectivity index (χ4v) is 2.44. The van der Waals surface area contributed by atoms with Gasteiger partial charge in [-0.1, -0.05) is 26.0 Å². The monoisotopic (exact) mass is 349 g/mol. The zero-order valence-electron chi connectivity index (χ0n) is 14.9. The van der Waals surface area contributed by atoms with Crippen molar-refractivity contribution < 1.29 is 14.3 Å². The minimum absolute atomic E-state index is 0.0871. The van der Waals surface area contributed by atoms with E-state index in [1.54, 1.807) is 17.8 Å². The second-order valence-electron chi connectivity index (χ2n) is 6.15. The van der Waals surface area contributed by atoms with Crippen LogP contribution in [0.2, 0.25) is 0 Å². The Hall–Kier alpha value is -1.75. The number of rotatable bonds is 9. The molecule has 0 aliphatic rings. The molecule has 0 fully saturated rings. The van der Waals surface area contributed by atoms with Crippen LogP contribution in [0.1, 0.15) is 39.2 Å². The summed E-state index contributed by atoms with van der Waals surface area (Å²) in [5.41, 5.74) is 0.913. The van der Waals surface area contributed by atoms with E-state index in [-0.39, 0.29) is 18.6 Å². The van der Waals surface area contributed by atoms with Crippen molar-refractivity contribution in [2.75, 3.05) is 12.9 Å². The third kappa shape index (κ3) is 8.77. The van der Waals surface area contributed by atoms with Gasteiger partial charge in [0.25, 0.3) is 5.91 Å². The van der Waals surface area contributed by atoms with Crippen LogP contribution in [0.25, 0.3) is 6.08 Å². The summed E-state index contributed by atoms with van der Waals surface area (Å²) in [7, 11) is 0. The summed E-state index contributed by atoms with van der Waals surface area (Å²) in [6.07, 6.45) is 7.00. The first-order chi connectivity index (χ1) is 11.4. The molecular formula is C19H27NO3S. The average Bonchev–Trinajstić information content (AvgIpc) is 2.56.